The van der Waals surface area contributed by atoms with Crippen LogP contribution in [-0.2, 0) is 6.54 Å². The Hall–Kier alpha value is -2.11. The van der Waals surface area contributed by atoms with Gasteiger partial charge in [-0.25, -0.2) is 0 Å². The minimum absolute atomic E-state index is 0.153. The minimum Gasteiger partial charge on any atom is -0.507 e. The molecule has 3 rings (SSSR count). The van der Waals surface area contributed by atoms with E-state index in [2.05, 4.69) is 15.9 Å². The first-order valence-corrected chi connectivity index (χ1v) is 8.09. The first-order chi connectivity index (χ1) is 11.0. The Morgan fingerprint density at radius 3 is 2.65 bits per heavy atom. The van der Waals surface area contributed by atoms with Crippen molar-refractivity contribution in [2.45, 2.75) is 6.54 Å². The molecule has 5 heteroatoms. The van der Waals surface area contributed by atoms with Gasteiger partial charge >= 0.3 is 0 Å². The van der Waals surface area contributed by atoms with Gasteiger partial charge < -0.3 is 14.7 Å². The van der Waals surface area contributed by atoms with Crippen molar-refractivity contribution in [3.8, 4) is 11.5 Å². The number of hydrogen-bond donors (Lipinski definition) is 2. The topological polar surface area (TPSA) is 51.0 Å². The van der Waals surface area contributed by atoms with E-state index in [4.69, 9.17) is 4.74 Å². The van der Waals surface area contributed by atoms with Crippen molar-refractivity contribution in [1.29, 1.82) is 0 Å². The van der Waals surface area contributed by atoms with Crippen LogP contribution >= 0.6 is 15.9 Å². The van der Waals surface area contributed by atoms with E-state index in [1.807, 2.05) is 38.4 Å². The Labute approximate surface area is 143 Å². The number of phenols is 1. The summed E-state index contributed by atoms with van der Waals surface area (Å²) in [4.78, 5) is 13.7. The SMILES string of the molecule is C[NH+](C)Cc1c(O)ccc2c1O/C(=C/c1ccccc1Br)C2=O. The van der Waals surface area contributed by atoms with Crippen LogP contribution in [0.2, 0.25) is 0 Å². The van der Waals surface area contributed by atoms with Gasteiger partial charge in [0.2, 0.25) is 5.78 Å². The van der Waals surface area contributed by atoms with Crippen molar-refractivity contribution in [3.63, 3.8) is 0 Å². The van der Waals surface area contributed by atoms with Crippen molar-refractivity contribution in [3.05, 3.63) is 63.3 Å². The molecule has 23 heavy (non-hydrogen) atoms. The van der Waals surface area contributed by atoms with Crippen LogP contribution in [0.25, 0.3) is 6.08 Å². The van der Waals surface area contributed by atoms with Crippen LogP contribution in [0.4, 0.5) is 0 Å². The predicted molar refractivity (Wildman–Crippen MR) is 91.7 cm³/mol. The number of nitrogens with one attached hydrogen (secondary N) is 1. The van der Waals surface area contributed by atoms with Gasteiger partial charge in [0.15, 0.2) is 11.5 Å². The summed E-state index contributed by atoms with van der Waals surface area (Å²) >= 11 is 3.46. The monoisotopic (exact) mass is 374 g/mol. The van der Waals surface area contributed by atoms with Crippen LogP contribution in [-0.4, -0.2) is 25.0 Å². The number of allylic oxidation sites excluding steroid dienone is 1. The molecule has 0 amide bonds. The lowest BCUT2D eigenvalue weighted by molar-refractivity contribution is -0.872. The molecule has 0 atom stereocenters. The summed E-state index contributed by atoms with van der Waals surface area (Å²) in [5, 5.41) is 10.1. The van der Waals surface area contributed by atoms with Crippen molar-refractivity contribution in [2.24, 2.45) is 0 Å². The zero-order valence-electron chi connectivity index (χ0n) is 12.9. The number of Topliss-reactive ketones (excluding diaryl/α,β-unsaturated/α-hetero) is 1. The minimum atomic E-state index is -0.161. The van der Waals surface area contributed by atoms with E-state index in [1.165, 1.54) is 0 Å². The maximum absolute atomic E-state index is 12.6. The molecule has 2 aromatic rings. The fourth-order valence-electron chi connectivity index (χ4n) is 2.55. The number of carbonyl (C=O) groups excluding carboxylic acids is 1. The van der Waals surface area contributed by atoms with Gasteiger partial charge in [-0.1, -0.05) is 34.1 Å². The largest absolute Gasteiger partial charge is 0.507 e. The zero-order valence-corrected chi connectivity index (χ0v) is 14.5. The number of hydrogen-bond acceptors (Lipinski definition) is 3. The number of quaternary nitrogens is 1. The molecule has 0 spiro atoms. The Bertz CT molecular complexity index is 812. The first kappa shape index (κ1) is 15.8. The molecule has 4 nitrogen and oxygen atoms in total. The number of benzene rings is 2. The molecule has 0 fully saturated rings. The number of ketones is 1. The molecule has 0 bridgehead atoms. The molecule has 0 aromatic heterocycles. The van der Waals surface area contributed by atoms with E-state index in [9.17, 15) is 9.90 Å². The van der Waals surface area contributed by atoms with Gasteiger partial charge in [0.05, 0.1) is 25.2 Å². The molecular formula is C18H17BrNO3+. The third-order valence-electron chi connectivity index (χ3n) is 3.64. The number of carbonyl (C=O) groups is 1. The summed E-state index contributed by atoms with van der Waals surface area (Å²) in [6.07, 6.45) is 1.72. The summed E-state index contributed by atoms with van der Waals surface area (Å²) in [5.74, 6) is 0.729. The van der Waals surface area contributed by atoms with E-state index < -0.39 is 0 Å². The van der Waals surface area contributed by atoms with E-state index in [0.29, 0.717) is 23.4 Å². The number of halogens is 1. The second-order valence-electron chi connectivity index (χ2n) is 5.79. The van der Waals surface area contributed by atoms with Crippen LogP contribution < -0.4 is 9.64 Å². The van der Waals surface area contributed by atoms with Gasteiger partial charge in [0, 0.05) is 4.47 Å². The van der Waals surface area contributed by atoms with E-state index in [0.717, 1.165) is 14.9 Å². The lowest BCUT2D eigenvalue weighted by atomic mass is 10.0. The molecule has 118 valence electrons. The summed E-state index contributed by atoms with van der Waals surface area (Å²) in [6, 6.07) is 10.8. The number of ether oxygens (including phenoxy) is 1. The first-order valence-electron chi connectivity index (χ1n) is 7.30. The highest BCUT2D eigenvalue weighted by Crippen LogP contribution is 2.39. The highest BCUT2D eigenvalue weighted by molar-refractivity contribution is 9.10. The van der Waals surface area contributed by atoms with Gasteiger partial charge in [-0.15, -0.1) is 0 Å². The van der Waals surface area contributed by atoms with Gasteiger partial charge in [0.1, 0.15) is 12.3 Å². The van der Waals surface area contributed by atoms with Crippen LogP contribution in [0.5, 0.6) is 11.5 Å². The molecule has 1 aliphatic rings. The summed E-state index contributed by atoms with van der Waals surface area (Å²) in [7, 11) is 3.96. The highest BCUT2D eigenvalue weighted by atomic mass is 79.9. The summed E-state index contributed by atoms with van der Waals surface area (Å²) < 4.78 is 6.70. The van der Waals surface area contributed by atoms with Crippen LogP contribution in [0, 0.1) is 0 Å². The fraction of sp³-hybridized carbons (Fsp3) is 0.167. The van der Waals surface area contributed by atoms with Crippen LogP contribution in [0.1, 0.15) is 21.5 Å². The maximum Gasteiger partial charge on any atom is 0.231 e. The number of fused-ring (bicyclic) bond motifs is 1. The van der Waals surface area contributed by atoms with E-state index in [-0.39, 0.29) is 17.3 Å². The van der Waals surface area contributed by atoms with Crippen molar-refractivity contribution in [2.75, 3.05) is 14.1 Å². The third-order valence-corrected chi connectivity index (χ3v) is 4.36. The van der Waals surface area contributed by atoms with E-state index >= 15 is 0 Å². The Balaban J connectivity index is 2.04. The van der Waals surface area contributed by atoms with E-state index in [1.54, 1.807) is 18.2 Å². The molecule has 0 radical (unpaired) electrons. The van der Waals surface area contributed by atoms with Crippen molar-refractivity contribution >= 4 is 27.8 Å². The van der Waals surface area contributed by atoms with Crippen molar-refractivity contribution < 1.29 is 19.5 Å². The van der Waals surface area contributed by atoms with Gasteiger partial charge in [0.25, 0.3) is 0 Å². The number of aromatic hydroxyl groups is 1. The molecule has 0 aliphatic carbocycles. The average molecular weight is 375 g/mol. The molecule has 0 saturated carbocycles. The molecule has 1 aliphatic heterocycles. The standard InChI is InChI=1S/C18H16BrNO3/c1-20(2)10-13-15(21)8-7-12-17(22)16(23-18(12)13)9-11-5-3-4-6-14(11)19/h3-9,21H,10H2,1-2H3/p+1/b16-9+. The number of rotatable bonds is 3. The van der Waals surface area contributed by atoms with Gasteiger partial charge in [-0.3, -0.25) is 4.79 Å². The second-order valence-corrected chi connectivity index (χ2v) is 6.64. The smallest absolute Gasteiger partial charge is 0.231 e. The van der Waals surface area contributed by atoms with Crippen LogP contribution in [0.15, 0.2) is 46.6 Å². The molecule has 2 aromatic carbocycles. The zero-order chi connectivity index (χ0) is 16.6. The normalized spacial score (nSPS) is 15.1. The average Bonchev–Trinajstić information content (AvgIpc) is 2.81. The molecule has 1 heterocycles. The lowest BCUT2D eigenvalue weighted by Crippen LogP contribution is -3.04. The van der Waals surface area contributed by atoms with Crippen molar-refractivity contribution in [1.82, 2.24) is 0 Å². The molecule has 0 saturated heterocycles. The van der Waals surface area contributed by atoms with Crippen LogP contribution in [0.3, 0.4) is 0 Å². The maximum atomic E-state index is 12.6. The quantitative estimate of drug-likeness (QED) is 0.811. The third kappa shape index (κ3) is 3.02. The molecular weight excluding hydrogens is 358 g/mol. The Morgan fingerprint density at radius 1 is 1.22 bits per heavy atom. The number of phenolic OH excluding ortho intramolecular Hbond substituents is 1. The highest BCUT2D eigenvalue weighted by Gasteiger charge is 2.32. The molecule has 0 unspecified atom stereocenters. The summed E-state index contributed by atoms with van der Waals surface area (Å²) in [5.41, 5.74) is 2.02. The molecule has 2 N–H and O–H groups in total. The Morgan fingerprint density at radius 2 is 1.96 bits per heavy atom. The Kier molecular flexibility index (Phi) is 4.24. The second kappa shape index (κ2) is 6.18. The van der Waals surface area contributed by atoms with Gasteiger partial charge in [-0.05, 0) is 29.8 Å². The predicted octanol–water partition coefficient (Wildman–Crippen LogP) is 2.42. The fourth-order valence-corrected chi connectivity index (χ4v) is 2.95. The lowest BCUT2D eigenvalue weighted by Gasteiger charge is -2.12. The summed E-state index contributed by atoms with van der Waals surface area (Å²) in [6.45, 7) is 0.574. The van der Waals surface area contributed by atoms with Gasteiger partial charge in [-0.2, -0.15) is 0 Å².